The van der Waals surface area contributed by atoms with E-state index < -0.39 is 42.6 Å². The second-order valence-corrected chi connectivity index (χ2v) is 16.2. The Kier molecular flexibility index (Phi) is 11.6. The molecule has 5 aromatic rings. The van der Waals surface area contributed by atoms with Gasteiger partial charge < -0.3 is 34.9 Å². The molecule has 2 atom stereocenters. The predicted molar refractivity (Wildman–Crippen MR) is 216 cm³/mol. The fraction of sp³-hybridized carbons (Fsp3) is 0.550. The van der Waals surface area contributed by atoms with Gasteiger partial charge in [0.2, 0.25) is 5.91 Å². The zero-order chi connectivity index (χ0) is 42.4. The first-order chi connectivity index (χ1) is 29.5. The van der Waals surface area contributed by atoms with E-state index in [2.05, 4.69) is 35.6 Å². The Bertz CT molecular complexity index is 2450. The molecule has 0 saturated carbocycles. The molecule has 3 N–H and O–H groups in total. The zero-order valence-electron chi connectivity index (χ0n) is 34.0. The van der Waals surface area contributed by atoms with Crippen LogP contribution in [0.3, 0.4) is 0 Å². The van der Waals surface area contributed by atoms with Crippen molar-refractivity contribution in [3.63, 3.8) is 0 Å². The second-order valence-electron chi connectivity index (χ2n) is 16.2. The van der Waals surface area contributed by atoms with Crippen LogP contribution >= 0.6 is 0 Å². The van der Waals surface area contributed by atoms with Gasteiger partial charge in [0.1, 0.15) is 23.7 Å². The number of alkyl halides is 2. The summed E-state index contributed by atoms with van der Waals surface area (Å²) >= 11 is 0. The Morgan fingerprint density at radius 1 is 1.07 bits per heavy atom. The minimum Gasteiger partial charge on any atom is -0.378 e. The number of aliphatic hydroxyl groups excluding tert-OH is 1. The van der Waals surface area contributed by atoms with Crippen molar-refractivity contribution in [2.75, 3.05) is 76.4 Å². The first kappa shape index (κ1) is 41.1. The first-order valence-electron chi connectivity index (χ1n) is 20.7. The third-order valence-corrected chi connectivity index (χ3v) is 12.3. The van der Waals surface area contributed by atoms with Crippen LogP contribution in [0.5, 0.6) is 0 Å². The average Bonchev–Trinajstić information content (AvgIpc) is 3.96. The third-order valence-electron chi connectivity index (χ3n) is 12.3. The quantitative estimate of drug-likeness (QED) is 0.175. The average molecular weight is 849 g/mol. The Balaban J connectivity index is 0.779. The number of aromatic nitrogens is 7. The van der Waals surface area contributed by atoms with Crippen LogP contribution in [0.4, 0.5) is 20.3 Å². The molecule has 4 saturated heterocycles. The molecule has 4 aliphatic heterocycles. The third kappa shape index (κ3) is 8.24. The van der Waals surface area contributed by atoms with Gasteiger partial charge in [-0.1, -0.05) is 12.1 Å². The van der Waals surface area contributed by atoms with E-state index >= 15 is 0 Å². The van der Waals surface area contributed by atoms with Crippen LogP contribution in [0.1, 0.15) is 65.8 Å². The highest BCUT2D eigenvalue weighted by molar-refractivity contribution is 6.08. The standard InChI is InChI=1S/C40H50F2N12O7/c1-48(25-8-11-50(12-9-25)19-24-4-3-5-29-35(24)49(2)40(58)54(29)30-6-7-32(55)46-39(30)57)21-33-60-22-26(23-61-33)53-20-28(34(47-53)36(41)42)44-38(56)27-18-43-52-13-10-31(45-37(27)52)51-14-16-59-17-15-51/h3-5,10,13,18,20,25-26,30,32-33,36,55H,6-9,11-12,14-17,19,21-23H2,1-2H3,(H,44,56)(H,46,57)/t26-,30?,32?,33-. The molecule has 21 heteroatoms. The molecule has 1 aromatic carbocycles. The summed E-state index contributed by atoms with van der Waals surface area (Å²) in [5, 5.41) is 23.4. The van der Waals surface area contributed by atoms with Gasteiger partial charge >= 0.3 is 5.69 Å². The van der Waals surface area contributed by atoms with Crippen molar-refractivity contribution in [1.29, 1.82) is 0 Å². The van der Waals surface area contributed by atoms with E-state index in [-0.39, 0.29) is 42.1 Å². The summed E-state index contributed by atoms with van der Waals surface area (Å²) in [6.07, 6.45) is 2.65. The summed E-state index contributed by atoms with van der Waals surface area (Å²) in [7, 11) is 3.77. The van der Waals surface area contributed by atoms with Gasteiger partial charge in [0, 0.05) is 51.7 Å². The number of anilines is 2. The maximum Gasteiger partial charge on any atom is 0.329 e. The molecule has 4 aromatic heterocycles. The highest BCUT2D eigenvalue weighted by atomic mass is 19.3. The minimum absolute atomic E-state index is 0.119. The summed E-state index contributed by atoms with van der Waals surface area (Å²) in [6.45, 7) is 5.65. The first-order valence-corrected chi connectivity index (χ1v) is 20.7. The molecule has 0 radical (unpaired) electrons. The van der Waals surface area contributed by atoms with E-state index in [0.717, 1.165) is 37.0 Å². The van der Waals surface area contributed by atoms with Crippen molar-refractivity contribution >= 4 is 40.0 Å². The van der Waals surface area contributed by atoms with Crippen molar-refractivity contribution in [3.05, 3.63) is 70.2 Å². The molecule has 0 spiro atoms. The number of nitrogens with zero attached hydrogens (tertiary/aromatic N) is 10. The number of likely N-dealkylation sites (tertiary alicyclic amines) is 1. The lowest BCUT2D eigenvalue weighted by molar-refractivity contribution is -0.206. The predicted octanol–water partition coefficient (Wildman–Crippen LogP) is 1.89. The van der Waals surface area contributed by atoms with Crippen LogP contribution in [0.25, 0.3) is 16.7 Å². The number of hydrogen-bond acceptors (Lipinski definition) is 13. The van der Waals surface area contributed by atoms with Crippen LogP contribution in [0.15, 0.2) is 47.7 Å². The van der Waals surface area contributed by atoms with Crippen molar-refractivity contribution in [2.45, 2.75) is 69.3 Å². The van der Waals surface area contributed by atoms with Gasteiger partial charge in [-0.2, -0.15) is 10.2 Å². The van der Waals surface area contributed by atoms with Crippen molar-refractivity contribution in [3.8, 4) is 0 Å². The van der Waals surface area contributed by atoms with Crippen LogP contribution in [-0.4, -0.2) is 145 Å². The molecule has 0 aliphatic carbocycles. The van der Waals surface area contributed by atoms with Gasteiger partial charge in [-0.05, 0) is 63.5 Å². The number of rotatable bonds is 11. The monoisotopic (exact) mass is 848 g/mol. The Morgan fingerprint density at radius 2 is 1.84 bits per heavy atom. The number of para-hydroxylation sites is 1. The lowest BCUT2D eigenvalue weighted by Crippen LogP contribution is -2.47. The number of nitrogens with one attached hydrogen (secondary N) is 2. The van der Waals surface area contributed by atoms with Crippen LogP contribution < -0.4 is 21.2 Å². The fourth-order valence-electron chi connectivity index (χ4n) is 8.94. The number of hydrogen-bond donors (Lipinski definition) is 3. The lowest BCUT2D eigenvalue weighted by Gasteiger charge is -2.39. The van der Waals surface area contributed by atoms with Crippen LogP contribution in [0.2, 0.25) is 0 Å². The van der Waals surface area contributed by atoms with Gasteiger partial charge in [0.05, 0.1) is 55.4 Å². The molecule has 19 nitrogen and oxygen atoms in total. The van der Waals surface area contributed by atoms with Crippen LogP contribution in [0, 0.1) is 0 Å². The number of carbonyl (C=O) groups excluding carboxylic acids is 2. The van der Waals surface area contributed by atoms with Gasteiger partial charge in [-0.15, -0.1) is 0 Å². The van der Waals surface area contributed by atoms with E-state index in [1.165, 1.54) is 21.6 Å². The summed E-state index contributed by atoms with van der Waals surface area (Å²) in [6, 6.07) is 6.74. The van der Waals surface area contributed by atoms with Gasteiger partial charge in [-0.3, -0.25) is 33.2 Å². The largest absolute Gasteiger partial charge is 0.378 e. The van der Waals surface area contributed by atoms with E-state index in [1.807, 2.05) is 30.1 Å². The summed E-state index contributed by atoms with van der Waals surface area (Å²) < 4.78 is 52.0. The molecule has 0 bridgehead atoms. The number of halogens is 2. The number of benzene rings is 1. The zero-order valence-corrected chi connectivity index (χ0v) is 34.0. The molecular formula is C40H50F2N12O7. The molecular weight excluding hydrogens is 799 g/mol. The van der Waals surface area contributed by atoms with Crippen molar-refractivity contribution in [2.24, 2.45) is 7.05 Å². The molecule has 4 aliphatic rings. The maximum absolute atomic E-state index is 14.2. The summed E-state index contributed by atoms with van der Waals surface area (Å²) in [5.74, 6) is -0.328. The Labute approximate surface area is 348 Å². The Morgan fingerprint density at radius 3 is 2.57 bits per heavy atom. The smallest absolute Gasteiger partial charge is 0.329 e. The molecule has 326 valence electrons. The highest BCUT2D eigenvalue weighted by Crippen LogP contribution is 2.31. The Hall–Kier alpha value is -5.32. The van der Waals surface area contributed by atoms with E-state index in [4.69, 9.17) is 14.2 Å². The number of imidazole rings is 1. The molecule has 9 rings (SSSR count). The second kappa shape index (κ2) is 17.2. The number of likely N-dealkylation sites (N-methyl/N-ethyl adjacent to an activating group) is 1. The van der Waals surface area contributed by atoms with Gasteiger partial charge in [-0.25, -0.2) is 23.1 Å². The molecule has 61 heavy (non-hydrogen) atoms. The van der Waals surface area contributed by atoms with E-state index in [0.29, 0.717) is 69.2 Å². The molecule has 4 fully saturated rings. The normalized spacial score (nSPS) is 23.4. The minimum atomic E-state index is -2.94. The number of ether oxygens (including phenoxy) is 3. The maximum atomic E-state index is 14.2. The molecule has 2 unspecified atom stereocenters. The molecule has 2 amide bonds. The van der Waals surface area contributed by atoms with Gasteiger partial charge in [0.25, 0.3) is 12.3 Å². The number of carbonyl (C=O) groups is 2. The molecule has 8 heterocycles. The summed E-state index contributed by atoms with van der Waals surface area (Å²) in [4.78, 5) is 50.9. The van der Waals surface area contributed by atoms with Crippen molar-refractivity contribution < 1.29 is 37.7 Å². The van der Waals surface area contributed by atoms with Crippen molar-refractivity contribution in [1.82, 2.24) is 48.6 Å². The topological polar surface area (TPSA) is 191 Å². The number of aryl methyl sites for hydroxylation is 1. The van der Waals surface area contributed by atoms with E-state index in [1.54, 1.807) is 28.4 Å². The number of morpholine rings is 1. The van der Waals surface area contributed by atoms with Gasteiger partial charge in [0.15, 0.2) is 17.6 Å². The van der Waals surface area contributed by atoms with Crippen LogP contribution in [-0.2, 0) is 32.6 Å². The lowest BCUT2D eigenvalue weighted by atomic mass is 10.0. The number of aliphatic hydroxyl groups is 1. The fourth-order valence-corrected chi connectivity index (χ4v) is 8.94. The summed E-state index contributed by atoms with van der Waals surface area (Å²) in [5.41, 5.74) is 2.01. The van der Waals surface area contributed by atoms with E-state index in [9.17, 15) is 28.3 Å². The number of amides is 2. The SMILES string of the molecule is CN(C[C@H]1OC[C@H](n2cc(NC(=O)c3cnn4ccc(N5CCOCC5)nc34)c(C(F)F)n2)CO1)C1CCN(Cc2cccc3c2n(C)c(=O)n3C2CCC(O)NC2=O)CC1. The number of fused-ring (bicyclic) bond motifs is 2. The highest BCUT2D eigenvalue weighted by Gasteiger charge is 2.34. The number of piperidine rings is 2.